The van der Waals surface area contributed by atoms with Gasteiger partial charge in [0.05, 0.1) is 31.0 Å². The molecule has 5 rings (SSSR count). The largest absolute Gasteiger partial charge is 0.318 e. The normalized spacial score (nSPS) is 14.1. The zero-order chi connectivity index (χ0) is 20.8. The van der Waals surface area contributed by atoms with Gasteiger partial charge in [0.15, 0.2) is 0 Å². The molecule has 6 heteroatoms. The van der Waals surface area contributed by atoms with E-state index in [4.69, 9.17) is 0 Å². The number of rotatable bonds is 2. The first-order valence-corrected chi connectivity index (χ1v) is 11.2. The molecule has 0 atom stereocenters. The van der Waals surface area contributed by atoms with Gasteiger partial charge in [-0.1, -0.05) is 12.1 Å². The molecule has 4 nitrogen and oxygen atoms in total. The van der Waals surface area contributed by atoms with Crippen molar-refractivity contribution in [2.45, 2.75) is 20.8 Å². The molecule has 0 bridgehead atoms. The van der Waals surface area contributed by atoms with E-state index in [9.17, 15) is 5.26 Å². The number of thiazole rings is 2. The van der Waals surface area contributed by atoms with Crippen LogP contribution in [0.25, 0.3) is 26.0 Å². The number of hydrogen-bond acceptors (Lipinski definition) is 6. The Morgan fingerprint density at radius 1 is 0.900 bits per heavy atom. The summed E-state index contributed by atoms with van der Waals surface area (Å²) in [5.41, 5.74) is 6.65. The maximum absolute atomic E-state index is 9.91. The van der Waals surface area contributed by atoms with Crippen molar-refractivity contribution >= 4 is 54.4 Å². The molecule has 2 aromatic heterocycles. The van der Waals surface area contributed by atoms with Crippen molar-refractivity contribution in [2.24, 2.45) is 0 Å². The van der Waals surface area contributed by atoms with Crippen molar-refractivity contribution in [3.63, 3.8) is 0 Å². The molecule has 3 heterocycles. The van der Waals surface area contributed by atoms with Crippen LogP contribution in [0.4, 0.5) is 5.69 Å². The molecule has 0 amide bonds. The molecule has 146 valence electrons. The number of para-hydroxylation sites is 1. The number of fused-ring (bicyclic) bond motifs is 2. The van der Waals surface area contributed by atoms with Crippen LogP contribution in [0.1, 0.15) is 23.9 Å². The Kier molecular flexibility index (Phi) is 4.50. The number of anilines is 1. The van der Waals surface area contributed by atoms with Crippen LogP contribution in [0.2, 0.25) is 0 Å². The Bertz CT molecular complexity index is 1390. The van der Waals surface area contributed by atoms with Gasteiger partial charge in [0.1, 0.15) is 11.1 Å². The molecule has 0 aliphatic carbocycles. The summed E-state index contributed by atoms with van der Waals surface area (Å²) in [5, 5.41) is 11.7. The summed E-state index contributed by atoms with van der Waals surface area (Å²) >= 11 is 3.26. The van der Waals surface area contributed by atoms with E-state index in [2.05, 4.69) is 65.1 Å². The van der Waals surface area contributed by atoms with E-state index < -0.39 is 0 Å². The van der Waals surface area contributed by atoms with E-state index in [1.165, 1.54) is 4.70 Å². The van der Waals surface area contributed by atoms with Gasteiger partial charge in [0, 0.05) is 17.1 Å². The zero-order valence-electron chi connectivity index (χ0n) is 16.8. The summed E-state index contributed by atoms with van der Waals surface area (Å²) in [6, 6.07) is 16.8. The van der Waals surface area contributed by atoms with Crippen molar-refractivity contribution in [2.75, 3.05) is 4.90 Å². The lowest BCUT2D eigenvalue weighted by molar-refractivity contribution is 1.04. The molecular weight excluding hydrogens is 408 g/mol. The van der Waals surface area contributed by atoms with Gasteiger partial charge in [-0.15, -0.1) is 22.7 Å². The van der Waals surface area contributed by atoms with Crippen LogP contribution in [0.5, 0.6) is 0 Å². The van der Waals surface area contributed by atoms with Gasteiger partial charge >= 0.3 is 0 Å². The van der Waals surface area contributed by atoms with Gasteiger partial charge in [-0.05, 0) is 68.8 Å². The highest BCUT2D eigenvalue weighted by atomic mass is 32.1. The van der Waals surface area contributed by atoms with Gasteiger partial charge in [-0.25, -0.2) is 9.97 Å². The third-order valence-electron chi connectivity index (χ3n) is 5.08. The molecule has 0 saturated carbocycles. The fourth-order valence-electron chi connectivity index (χ4n) is 3.84. The van der Waals surface area contributed by atoms with Crippen LogP contribution in [0.15, 0.2) is 71.6 Å². The second-order valence-electron chi connectivity index (χ2n) is 7.22. The van der Waals surface area contributed by atoms with E-state index in [0.717, 1.165) is 48.4 Å². The van der Waals surface area contributed by atoms with Crippen LogP contribution in [0.3, 0.4) is 0 Å². The maximum atomic E-state index is 9.91. The topological polar surface area (TPSA) is 52.8 Å². The Hall–Kier alpha value is -3.27. The quantitative estimate of drug-likeness (QED) is 0.330. The number of nitrogens with zero attached hydrogens (tertiary/aromatic N) is 4. The van der Waals surface area contributed by atoms with Crippen molar-refractivity contribution in [3.8, 4) is 6.07 Å². The second kappa shape index (κ2) is 7.21. The molecule has 0 radical (unpaired) electrons. The van der Waals surface area contributed by atoms with Gasteiger partial charge in [0.2, 0.25) is 0 Å². The third kappa shape index (κ3) is 3.13. The molecule has 4 aromatic rings. The van der Waals surface area contributed by atoms with Crippen LogP contribution in [-0.2, 0) is 0 Å². The highest BCUT2D eigenvalue weighted by molar-refractivity contribution is 7.19. The average Bonchev–Trinajstić information content (AvgIpc) is 3.30. The van der Waals surface area contributed by atoms with Crippen LogP contribution in [0, 0.1) is 18.3 Å². The van der Waals surface area contributed by atoms with E-state index in [-0.39, 0.29) is 0 Å². The molecule has 0 fully saturated rings. The van der Waals surface area contributed by atoms with Gasteiger partial charge < -0.3 is 4.90 Å². The Balaban J connectivity index is 1.58. The number of aromatic nitrogens is 2. The third-order valence-corrected chi connectivity index (χ3v) is 7.08. The monoisotopic (exact) mass is 426 g/mol. The molecule has 0 spiro atoms. The molecular formula is C24H18N4S2. The first-order chi connectivity index (χ1) is 14.5. The first kappa shape index (κ1) is 18.7. The van der Waals surface area contributed by atoms with Gasteiger partial charge in [-0.2, -0.15) is 5.26 Å². The fourth-order valence-corrected chi connectivity index (χ4v) is 5.63. The number of nitriles is 1. The number of hydrogen-bond donors (Lipinski definition) is 0. The van der Waals surface area contributed by atoms with Crippen molar-refractivity contribution in [1.82, 2.24) is 9.97 Å². The Labute approximate surface area is 182 Å². The predicted octanol–water partition coefficient (Wildman–Crippen LogP) is 6.82. The average molecular weight is 427 g/mol. The zero-order valence-corrected chi connectivity index (χ0v) is 18.4. The highest BCUT2D eigenvalue weighted by Crippen LogP contribution is 2.36. The van der Waals surface area contributed by atoms with Gasteiger partial charge in [0.25, 0.3) is 0 Å². The SMILES string of the molecule is CC1=CC(=C(C#N)c2nc3ccccc3s2)C=C(C)N1c1ccc2sc(C)nc2c1. The standard InChI is InChI=1S/C24H18N4S2/c1-14-10-17(19(13-25)24-27-20-6-4-5-7-22(20)30-24)11-15(2)28(14)18-8-9-23-21(12-18)26-16(3)29-23/h4-12H,1-3H3. The van der Waals surface area contributed by atoms with E-state index >= 15 is 0 Å². The van der Waals surface area contributed by atoms with Crippen LogP contribution < -0.4 is 4.90 Å². The number of aryl methyl sites for hydroxylation is 1. The van der Waals surface area contributed by atoms with Crippen molar-refractivity contribution < 1.29 is 0 Å². The minimum absolute atomic E-state index is 0.611. The molecule has 30 heavy (non-hydrogen) atoms. The summed E-state index contributed by atoms with van der Waals surface area (Å²) in [5.74, 6) is 0. The molecule has 0 N–H and O–H groups in total. The fraction of sp³-hybridized carbons (Fsp3) is 0.125. The summed E-state index contributed by atoms with van der Waals surface area (Å²) in [4.78, 5) is 11.5. The molecule has 0 saturated heterocycles. The van der Waals surface area contributed by atoms with Gasteiger partial charge in [-0.3, -0.25) is 0 Å². The minimum atomic E-state index is 0.611. The number of allylic oxidation sites excluding steroid dienone is 6. The van der Waals surface area contributed by atoms with Crippen LogP contribution in [-0.4, -0.2) is 9.97 Å². The summed E-state index contributed by atoms with van der Waals surface area (Å²) in [7, 11) is 0. The lowest BCUT2D eigenvalue weighted by Gasteiger charge is -2.30. The van der Waals surface area contributed by atoms with Crippen molar-refractivity contribution in [1.29, 1.82) is 5.26 Å². The molecule has 1 aliphatic heterocycles. The second-order valence-corrected chi connectivity index (χ2v) is 9.49. The van der Waals surface area contributed by atoms with Crippen LogP contribution >= 0.6 is 22.7 Å². The first-order valence-electron chi connectivity index (χ1n) is 9.58. The van der Waals surface area contributed by atoms with E-state index in [1.54, 1.807) is 22.7 Å². The minimum Gasteiger partial charge on any atom is -0.318 e. The summed E-state index contributed by atoms with van der Waals surface area (Å²) < 4.78 is 2.28. The molecule has 2 aromatic carbocycles. The number of benzene rings is 2. The molecule has 0 unspecified atom stereocenters. The lowest BCUT2D eigenvalue weighted by atomic mass is 10.0. The smallest absolute Gasteiger partial charge is 0.135 e. The Morgan fingerprint density at radius 2 is 1.63 bits per heavy atom. The van der Waals surface area contributed by atoms with E-state index in [1.807, 2.05) is 31.2 Å². The van der Waals surface area contributed by atoms with E-state index in [0.29, 0.717) is 5.57 Å². The van der Waals surface area contributed by atoms with Crippen molar-refractivity contribution in [3.05, 3.63) is 81.6 Å². The maximum Gasteiger partial charge on any atom is 0.135 e. The summed E-state index contributed by atoms with van der Waals surface area (Å²) in [6.45, 7) is 6.17. The Morgan fingerprint density at radius 3 is 2.37 bits per heavy atom. The highest BCUT2D eigenvalue weighted by Gasteiger charge is 2.20. The predicted molar refractivity (Wildman–Crippen MR) is 127 cm³/mol. The summed E-state index contributed by atoms with van der Waals surface area (Å²) in [6.07, 6.45) is 4.13. The lowest BCUT2D eigenvalue weighted by Crippen LogP contribution is -2.21. The molecule has 1 aliphatic rings.